The number of rotatable bonds is 8. The summed E-state index contributed by atoms with van der Waals surface area (Å²) >= 11 is 0. The highest BCUT2D eigenvalue weighted by atomic mass is 16.5. The molecule has 10 aromatic rings. The number of fused-ring (bicyclic) bond motifs is 5. The van der Waals surface area contributed by atoms with Crippen molar-refractivity contribution < 1.29 is 8.85 Å². The molecule has 5 nitrogen and oxygen atoms in total. The van der Waals surface area contributed by atoms with E-state index in [0.29, 0.717) is 29.5 Å². The fraction of sp³-hybridized carbons (Fsp3) is 0.329. The zero-order chi connectivity index (χ0) is 62.1. The van der Waals surface area contributed by atoms with Gasteiger partial charge in [-0.3, -0.25) is 4.57 Å². The Balaban J connectivity index is 0.972. The minimum Gasteiger partial charge on any atom is -0.457 e. The Bertz CT molecular complexity index is 4290. The van der Waals surface area contributed by atoms with E-state index < -0.39 is 6.85 Å². The molecule has 0 N–H and O–H groups in total. The van der Waals surface area contributed by atoms with E-state index in [0.717, 1.165) is 57.3 Å². The van der Waals surface area contributed by atoms with Crippen molar-refractivity contribution in [3.05, 3.63) is 215 Å². The molecule has 0 spiro atoms. The lowest BCUT2D eigenvalue weighted by atomic mass is 9.61. The Morgan fingerprint density at radius 3 is 1.74 bits per heavy atom. The van der Waals surface area contributed by atoms with Crippen LogP contribution in [0.15, 0.2) is 176 Å². The van der Waals surface area contributed by atoms with E-state index in [-0.39, 0.29) is 38.1 Å². The van der Waals surface area contributed by atoms with E-state index in [1.807, 2.05) is 18.3 Å². The second-order valence-corrected chi connectivity index (χ2v) is 29.5. The number of anilines is 4. The third-order valence-corrected chi connectivity index (χ3v) is 18.3. The first-order chi connectivity index (χ1) is 40.8. The topological polar surface area (TPSA) is 33.5 Å². The number of aryl methyl sites for hydroxylation is 1. The van der Waals surface area contributed by atoms with Gasteiger partial charge in [-0.05, 0) is 175 Å². The maximum atomic E-state index is 9.10. The molecule has 2 aromatic heterocycles. The van der Waals surface area contributed by atoms with Crippen LogP contribution in [0.5, 0.6) is 11.5 Å². The number of para-hydroxylation sites is 2. The SMILES string of the molecule is [2H]C([2H])([2H])c1cc(-n2c3ccc(C(C)(C)C)cc3c3ccc(Oc4cccc(N5CN(c6c(-c7ccccc7)cc(C(C)(C)C)cc6-c6cc(C(C)(C)C)cc(C(C)(C)C)c6)c6ccccc65)c4)cc32)ncc1-c1cccc2c1C(C)(C)CCC2(C)C. The fourth-order valence-electron chi connectivity index (χ4n) is 13.1. The van der Waals surface area contributed by atoms with Crippen LogP contribution in [0.1, 0.15) is 167 Å². The van der Waals surface area contributed by atoms with E-state index >= 15 is 0 Å². The molecule has 0 saturated carbocycles. The van der Waals surface area contributed by atoms with Gasteiger partial charge in [0.15, 0.2) is 0 Å². The summed E-state index contributed by atoms with van der Waals surface area (Å²) in [6, 6.07) is 61.5. The maximum absolute atomic E-state index is 9.10. The van der Waals surface area contributed by atoms with Gasteiger partial charge in [-0.15, -0.1) is 0 Å². The van der Waals surface area contributed by atoms with Crippen LogP contribution in [0.3, 0.4) is 0 Å². The second kappa shape index (κ2) is 20.1. The van der Waals surface area contributed by atoms with Gasteiger partial charge in [-0.25, -0.2) is 4.98 Å². The van der Waals surface area contributed by atoms with Crippen LogP contribution in [0.2, 0.25) is 0 Å². The summed E-state index contributed by atoms with van der Waals surface area (Å²) in [4.78, 5) is 10.2. The van der Waals surface area contributed by atoms with Gasteiger partial charge in [0, 0.05) is 55.6 Å². The van der Waals surface area contributed by atoms with Crippen LogP contribution >= 0.6 is 0 Å². The van der Waals surface area contributed by atoms with Crippen LogP contribution < -0.4 is 14.5 Å². The third-order valence-electron chi connectivity index (χ3n) is 18.3. The Hall–Kier alpha value is -7.89. The summed E-state index contributed by atoms with van der Waals surface area (Å²) in [6.07, 6.45) is 3.88. The Morgan fingerprint density at radius 1 is 0.464 bits per heavy atom. The van der Waals surface area contributed by atoms with E-state index in [1.54, 1.807) is 0 Å². The molecule has 0 amide bonds. The zero-order valence-electron chi connectivity index (χ0n) is 55.6. The van der Waals surface area contributed by atoms with Crippen molar-refractivity contribution in [2.45, 2.75) is 163 Å². The first-order valence-electron chi connectivity index (χ1n) is 31.8. The lowest BCUT2D eigenvalue weighted by Gasteiger charge is -2.43. The zero-order valence-corrected chi connectivity index (χ0v) is 52.6. The Kier molecular flexibility index (Phi) is 12.7. The largest absolute Gasteiger partial charge is 0.457 e. The van der Waals surface area contributed by atoms with Crippen molar-refractivity contribution in [3.63, 3.8) is 0 Å². The molecule has 8 aromatic carbocycles. The van der Waals surface area contributed by atoms with Crippen LogP contribution in [0.4, 0.5) is 22.7 Å². The first kappa shape index (κ1) is 52.9. The van der Waals surface area contributed by atoms with E-state index in [9.17, 15) is 0 Å². The molecule has 0 fully saturated rings. The minimum absolute atomic E-state index is 0.0423. The van der Waals surface area contributed by atoms with Crippen molar-refractivity contribution in [1.82, 2.24) is 9.55 Å². The predicted molar refractivity (Wildman–Crippen MR) is 358 cm³/mol. The number of pyridine rings is 1. The molecule has 428 valence electrons. The van der Waals surface area contributed by atoms with Gasteiger partial charge in [-0.1, -0.05) is 202 Å². The van der Waals surface area contributed by atoms with Crippen molar-refractivity contribution in [2.75, 3.05) is 16.5 Å². The average molecular weight is 1110 g/mol. The van der Waals surface area contributed by atoms with E-state index in [4.69, 9.17) is 13.8 Å². The van der Waals surface area contributed by atoms with Crippen molar-refractivity contribution >= 4 is 44.6 Å². The van der Waals surface area contributed by atoms with Crippen molar-refractivity contribution in [1.29, 1.82) is 0 Å². The lowest BCUT2D eigenvalue weighted by molar-refractivity contribution is 0.333. The summed E-state index contributed by atoms with van der Waals surface area (Å²) in [5, 5.41) is 2.09. The number of aromatic nitrogens is 2. The van der Waals surface area contributed by atoms with Gasteiger partial charge in [0.1, 0.15) is 24.0 Å². The smallest absolute Gasteiger partial charge is 0.137 e. The molecule has 1 aliphatic heterocycles. The number of hydrogen-bond acceptors (Lipinski definition) is 4. The summed E-state index contributed by atoms with van der Waals surface area (Å²) in [5.74, 6) is 1.89. The molecule has 0 bridgehead atoms. The van der Waals surface area contributed by atoms with Gasteiger partial charge in [-0.2, -0.15) is 0 Å². The minimum atomic E-state index is -2.42. The van der Waals surface area contributed by atoms with Gasteiger partial charge in [0.2, 0.25) is 0 Å². The van der Waals surface area contributed by atoms with E-state index in [1.165, 1.54) is 61.3 Å². The number of benzene rings is 8. The van der Waals surface area contributed by atoms with Crippen LogP contribution in [-0.2, 0) is 32.5 Å². The molecular formula is C79H86N4O. The maximum Gasteiger partial charge on any atom is 0.137 e. The monoisotopic (exact) mass is 1110 g/mol. The highest BCUT2D eigenvalue weighted by Crippen LogP contribution is 2.54. The van der Waals surface area contributed by atoms with Gasteiger partial charge in [0.05, 0.1) is 28.1 Å². The number of hydrogen-bond donors (Lipinski definition) is 0. The molecular weight excluding hydrogens is 1020 g/mol. The Labute approximate surface area is 505 Å². The molecule has 0 atom stereocenters. The second-order valence-electron chi connectivity index (χ2n) is 29.5. The van der Waals surface area contributed by atoms with Crippen LogP contribution in [0.25, 0.3) is 61.0 Å². The fourth-order valence-corrected chi connectivity index (χ4v) is 13.1. The molecule has 5 heteroatoms. The number of ether oxygens (including phenoxy) is 1. The van der Waals surface area contributed by atoms with Gasteiger partial charge >= 0.3 is 0 Å². The van der Waals surface area contributed by atoms with Gasteiger partial charge in [0.25, 0.3) is 0 Å². The molecule has 0 saturated heterocycles. The number of nitrogens with zero attached hydrogens (tertiary/aromatic N) is 4. The normalized spacial score (nSPS) is 15.9. The third kappa shape index (κ3) is 10.2. The van der Waals surface area contributed by atoms with Gasteiger partial charge < -0.3 is 14.5 Å². The molecule has 3 heterocycles. The average Bonchev–Trinajstić information content (AvgIpc) is 1.77. The van der Waals surface area contributed by atoms with E-state index in [2.05, 4.69) is 283 Å². The summed E-state index contributed by atoms with van der Waals surface area (Å²) in [6.45, 7) is 34.9. The summed E-state index contributed by atoms with van der Waals surface area (Å²) < 4.78 is 36.4. The molecule has 0 radical (unpaired) electrons. The van der Waals surface area contributed by atoms with Crippen molar-refractivity contribution in [3.8, 4) is 50.7 Å². The highest BCUT2D eigenvalue weighted by Gasteiger charge is 2.39. The van der Waals surface area contributed by atoms with Crippen LogP contribution in [-0.4, -0.2) is 16.2 Å². The molecule has 84 heavy (non-hydrogen) atoms. The Morgan fingerprint density at radius 2 is 1.07 bits per heavy atom. The molecule has 12 rings (SSSR count). The quantitative estimate of drug-likeness (QED) is 0.152. The molecule has 1 aliphatic carbocycles. The molecule has 2 aliphatic rings. The summed E-state index contributed by atoms with van der Waals surface area (Å²) in [7, 11) is 0. The van der Waals surface area contributed by atoms with Crippen LogP contribution in [0, 0.1) is 6.85 Å². The standard InChI is InChI=1S/C79H86N4O/c1-50-39-71(80-48-65(50)61-29-24-30-66-72(61)79(16,17)38-37-78(66,14)15)83-67-36-33-53(74(2,3)4)43-64(67)60-35-34-59(47-70(60)83)84-58-28-23-27-57(46-58)81-49-82(69-32-22-21-31-68(69)81)73-62(51-25-19-18-20-26-51)44-56(77(11,12)13)45-63(73)52-40-54(75(5,6)7)42-55(41-52)76(8,9)10/h18-36,39-48H,37-38,49H2,1-17H3/i1D3. The first-order valence-corrected chi connectivity index (χ1v) is 30.3. The summed E-state index contributed by atoms with van der Waals surface area (Å²) in [5.41, 5.74) is 19.9. The highest BCUT2D eigenvalue weighted by molar-refractivity contribution is 6.10. The predicted octanol–water partition coefficient (Wildman–Crippen LogP) is 22.1. The van der Waals surface area contributed by atoms with Crippen molar-refractivity contribution in [2.24, 2.45) is 0 Å². The molecule has 0 unspecified atom stereocenters. The lowest BCUT2D eigenvalue weighted by Crippen LogP contribution is -2.34.